The fourth-order valence-electron chi connectivity index (χ4n) is 0.408. The Bertz CT molecular complexity index is 223. The smallest absolute Gasteiger partial charge is 0.541 e. The van der Waals surface area contributed by atoms with Crippen molar-refractivity contribution < 1.29 is 49.2 Å². The van der Waals surface area contributed by atoms with Gasteiger partial charge in [0.1, 0.15) is 5.97 Å². The minimum Gasteiger partial charge on any atom is -0.541 e. The van der Waals surface area contributed by atoms with Crippen molar-refractivity contribution in [3.8, 4) is 0 Å². The van der Waals surface area contributed by atoms with E-state index in [9.17, 15) is 9.90 Å². The van der Waals surface area contributed by atoms with Gasteiger partial charge in [-0.05, 0) is 6.08 Å². The summed E-state index contributed by atoms with van der Waals surface area (Å²) in [6.45, 7) is 0. The SMILES string of the molecule is NC1=CC=C(C(=O)[O-])OO1.[Na+]. The second-order valence-corrected chi connectivity index (χ2v) is 1.55. The molecule has 0 unspecified atom stereocenters. The molecule has 54 valence electrons. The van der Waals surface area contributed by atoms with Crippen molar-refractivity contribution in [2.24, 2.45) is 5.73 Å². The van der Waals surface area contributed by atoms with Gasteiger partial charge in [-0.25, -0.2) is 0 Å². The number of allylic oxidation sites excluding steroid dienone is 2. The van der Waals surface area contributed by atoms with Crippen LogP contribution in [-0.4, -0.2) is 5.97 Å². The number of carbonyl (C=O) groups excluding carboxylic acids is 1. The van der Waals surface area contributed by atoms with Crippen molar-refractivity contribution in [3.63, 3.8) is 0 Å². The molecule has 0 fully saturated rings. The minimum absolute atomic E-state index is 0. The van der Waals surface area contributed by atoms with Crippen LogP contribution in [0.1, 0.15) is 0 Å². The second-order valence-electron chi connectivity index (χ2n) is 1.55. The minimum atomic E-state index is -1.44. The van der Waals surface area contributed by atoms with Crippen LogP contribution in [0, 0.1) is 0 Å². The summed E-state index contributed by atoms with van der Waals surface area (Å²) in [5.41, 5.74) is 5.05. The van der Waals surface area contributed by atoms with Crippen molar-refractivity contribution in [3.05, 3.63) is 23.8 Å². The van der Waals surface area contributed by atoms with Crippen LogP contribution in [0.4, 0.5) is 0 Å². The van der Waals surface area contributed by atoms with E-state index < -0.39 is 11.7 Å². The number of rotatable bonds is 1. The van der Waals surface area contributed by atoms with Crippen molar-refractivity contribution in [1.29, 1.82) is 0 Å². The Balaban J connectivity index is 0.000001000. The zero-order chi connectivity index (χ0) is 7.56. The fraction of sp³-hybridized carbons (Fsp3) is 0. The largest absolute Gasteiger partial charge is 1.00 e. The first kappa shape index (κ1) is 10.3. The van der Waals surface area contributed by atoms with Gasteiger partial charge in [0, 0.05) is 6.08 Å². The van der Waals surface area contributed by atoms with E-state index in [1.54, 1.807) is 0 Å². The van der Waals surface area contributed by atoms with Crippen LogP contribution in [0.5, 0.6) is 0 Å². The molecule has 0 atom stereocenters. The third-order valence-electron chi connectivity index (χ3n) is 0.828. The standard InChI is InChI=1S/C5H5NO4.Na/c6-4-2-1-3(5(7)8)9-10-4;/h1-2H,6H2,(H,7,8);/q;+1/p-1. The molecule has 0 aromatic carbocycles. The molecular formula is C5H4NNaO4. The predicted octanol–water partition coefficient (Wildman–Crippen LogP) is -4.61. The fourth-order valence-corrected chi connectivity index (χ4v) is 0.408. The molecule has 2 N–H and O–H groups in total. The summed E-state index contributed by atoms with van der Waals surface area (Å²) in [6.07, 6.45) is 2.41. The second kappa shape index (κ2) is 4.27. The predicted molar refractivity (Wildman–Crippen MR) is 27.5 cm³/mol. The van der Waals surface area contributed by atoms with E-state index in [0.717, 1.165) is 6.08 Å². The van der Waals surface area contributed by atoms with Gasteiger partial charge < -0.3 is 15.6 Å². The summed E-state index contributed by atoms with van der Waals surface area (Å²) >= 11 is 0. The van der Waals surface area contributed by atoms with E-state index in [-0.39, 0.29) is 35.4 Å². The zero-order valence-electron chi connectivity index (χ0n) is 5.87. The monoisotopic (exact) mass is 165 g/mol. The van der Waals surface area contributed by atoms with Crippen molar-refractivity contribution in [2.45, 2.75) is 0 Å². The van der Waals surface area contributed by atoms with Crippen molar-refractivity contribution in [1.82, 2.24) is 0 Å². The van der Waals surface area contributed by atoms with Crippen LogP contribution in [0.15, 0.2) is 23.8 Å². The molecule has 1 heterocycles. The normalized spacial score (nSPS) is 14.5. The Hall–Kier alpha value is -0.650. The van der Waals surface area contributed by atoms with Crippen LogP contribution < -0.4 is 40.4 Å². The van der Waals surface area contributed by atoms with Gasteiger partial charge in [0.25, 0.3) is 0 Å². The Morgan fingerprint density at radius 1 is 1.45 bits per heavy atom. The van der Waals surface area contributed by atoms with Gasteiger partial charge in [-0.2, -0.15) is 0 Å². The average molecular weight is 165 g/mol. The number of nitrogens with two attached hydrogens (primary N) is 1. The van der Waals surface area contributed by atoms with Gasteiger partial charge in [0.15, 0.2) is 0 Å². The number of carboxylic acid groups (broad SMARTS) is 1. The molecule has 1 rings (SSSR count). The molecule has 0 bridgehead atoms. The average Bonchev–Trinajstić information content (AvgIpc) is 1.88. The van der Waals surface area contributed by atoms with Crippen molar-refractivity contribution in [2.75, 3.05) is 0 Å². The quantitative estimate of drug-likeness (QED) is 0.312. The summed E-state index contributed by atoms with van der Waals surface area (Å²) in [7, 11) is 0. The zero-order valence-corrected chi connectivity index (χ0v) is 7.87. The number of hydrogen-bond donors (Lipinski definition) is 1. The Kier molecular flexibility index (Phi) is 4.02. The first-order valence-electron chi connectivity index (χ1n) is 2.43. The third kappa shape index (κ3) is 2.83. The summed E-state index contributed by atoms with van der Waals surface area (Å²) in [5.74, 6) is -1.83. The Labute approximate surface area is 84.7 Å². The van der Waals surface area contributed by atoms with Crippen molar-refractivity contribution >= 4 is 5.97 Å². The molecule has 0 spiro atoms. The molecule has 11 heavy (non-hydrogen) atoms. The van der Waals surface area contributed by atoms with E-state index in [0.29, 0.717) is 0 Å². The molecule has 0 aromatic rings. The molecule has 0 radical (unpaired) electrons. The molecule has 0 saturated heterocycles. The molecule has 6 heteroatoms. The van der Waals surface area contributed by atoms with Gasteiger partial charge in [0.2, 0.25) is 11.6 Å². The van der Waals surface area contributed by atoms with Crippen LogP contribution in [0.2, 0.25) is 0 Å². The van der Waals surface area contributed by atoms with E-state index >= 15 is 0 Å². The van der Waals surface area contributed by atoms with E-state index in [1.165, 1.54) is 6.08 Å². The van der Waals surface area contributed by atoms with Gasteiger partial charge in [-0.15, -0.1) is 0 Å². The maximum absolute atomic E-state index is 10.0. The third-order valence-corrected chi connectivity index (χ3v) is 0.828. The molecule has 0 amide bonds. The topological polar surface area (TPSA) is 84.6 Å². The summed E-state index contributed by atoms with van der Waals surface area (Å²) in [4.78, 5) is 18.4. The molecule has 1 aliphatic rings. The molecule has 1 aliphatic heterocycles. The van der Waals surface area contributed by atoms with E-state index in [2.05, 4.69) is 9.78 Å². The first-order valence-corrected chi connectivity index (χ1v) is 2.43. The number of aliphatic carboxylic acids is 1. The summed E-state index contributed by atoms with van der Waals surface area (Å²) in [5, 5.41) is 10.0. The summed E-state index contributed by atoms with van der Waals surface area (Å²) in [6, 6.07) is 0. The van der Waals surface area contributed by atoms with E-state index in [1.807, 2.05) is 0 Å². The molecule has 0 aromatic heterocycles. The first-order chi connectivity index (χ1) is 4.70. The van der Waals surface area contributed by atoms with Gasteiger partial charge in [-0.1, -0.05) is 0 Å². The molecule has 0 saturated carbocycles. The Morgan fingerprint density at radius 2 is 2.09 bits per heavy atom. The summed E-state index contributed by atoms with van der Waals surface area (Å²) < 4.78 is 0. The van der Waals surface area contributed by atoms with Gasteiger partial charge in [-0.3, -0.25) is 9.78 Å². The van der Waals surface area contributed by atoms with Gasteiger partial charge in [0.05, 0.1) is 0 Å². The molecular weight excluding hydrogens is 161 g/mol. The molecule has 0 aliphatic carbocycles. The van der Waals surface area contributed by atoms with E-state index in [4.69, 9.17) is 5.73 Å². The van der Waals surface area contributed by atoms with Crippen LogP contribution in [0.3, 0.4) is 0 Å². The number of carbonyl (C=O) groups is 1. The van der Waals surface area contributed by atoms with Crippen LogP contribution >= 0.6 is 0 Å². The van der Waals surface area contributed by atoms with Gasteiger partial charge >= 0.3 is 29.6 Å². The number of carboxylic acids is 1. The molecule has 5 nitrogen and oxygen atoms in total. The maximum atomic E-state index is 10.0. The maximum Gasteiger partial charge on any atom is 1.00 e. The Morgan fingerprint density at radius 3 is 2.45 bits per heavy atom. The number of hydrogen-bond acceptors (Lipinski definition) is 5. The van der Waals surface area contributed by atoms with Crippen LogP contribution in [-0.2, 0) is 14.6 Å². The van der Waals surface area contributed by atoms with Crippen LogP contribution in [0.25, 0.3) is 0 Å².